The van der Waals surface area contributed by atoms with Crippen LogP contribution in [0.3, 0.4) is 0 Å². The summed E-state index contributed by atoms with van der Waals surface area (Å²) in [6.07, 6.45) is 0. The summed E-state index contributed by atoms with van der Waals surface area (Å²) in [4.78, 5) is 13.2. The van der Waals surface area contributed by atoms with Gasteiger partial charge in [-0.2, -0.15) is 0 Å². The number of benzene rings is 1. The lowest BCUT2D eigenvalue weighted by atomic mass is 10.1. The molecule has 0 aliphatic carbocycles. The molecular weight excluding hydrogens is 221 g/mol. The largest absolute Gasteiger partial charge is 0.365 e. The Labute approximate surface area is 101 Å². The van der Waals surface area contributed by atoms with Crippen molar-refractivity contribution < 1.29 is 9.18 Å². The molecule has 1 rings (SSSR count). The van der Waals surface area contributed by atoms with E-state index in [0.717, 1.165) is 5.69 Å². The lowest BCUT2D eigenvalue weighted by molar-refractivity contribution is -0.119. The molecule has 0 atom stereocenters. The fraction of sp³-hybridized carbons (Fsp3) is 0.417. The lowest BCUT2D eigenvalue weighted by Crippen LogP contribution is -2.35. The Balaban J connectivity index is 2.81. The number of hydrogen-bond acceptors (Lipinski definition) is 3. The number of hydrogen-bond donors (Lipinski definition) is 2. The average molecular weight is 239 g/mol. The Morgan fingerprint density at radius 3 is 2.82 bits per heavy atom. The first-order valence-corrected chi connectivity index (χ1v) is 5.54. The highest BCUT2D eigenvalue weighted by molar-refractivity contribution is 5.81. The minimum absolute atomic E-state index is 0.0673. The first-order chi connectivity index (χ1) is 8.08. The van der Waals surface area contributed by atoms with Crippen molar-refractivity contribution in [3.8, 4) is 0 Å². The molecule has 0 aliphatic heterocycles. The van der Waals surface area contributed by atoms with E-state index < -0.39 is 0 Å². The van der Waals surface area contributed by atoms with Gasteiger partial charge < -0.3 is 16.0 Å². The summed E-state index contributed by atoms with van der Waals surface area (Å²) in [5, 5.41) is 2.71. The van der Waals surface area contributed by atoms with Gasteiger partial charge in [0.25, 0.3) is 0 Å². The number of carbonyl (C=O) groups excluding carboxylic acids is 1. The first kappa shape index (κ1) is 13.4. The molecule has 1 aromatic carbocycles. The second kappa shape index (κ2) is 6.20. The number of amides is 1. The summed E-state index contributed by atoms with van der Waals surface area (Å²) in [6.45, 7) is 2.93. The number of nitrogens with two attached hydrogens (primary N) is 1. The van der Waals surface area contributed by atoms with Crippen molar-refractivity contribution in [1.29, 1.82) is 0 Å². The molecule has 0 saturated carbocycles. The SMILES string of the molecule is CCNC(=O)CN(C)c1ccc(F)cc1CN. The number of nitrogens with zero attached hydrogens (tertiary/aromatic N) is 1. The van der Waals surface area contributed by atoms with E-state index in [0.29, 0.717) is 12.1 Å². The lowest BCUT2D eigenvalue weighted by Gasteiger charge is -2.21. The van der Waals surface area contributed by atoms with Crippen molar-refractivity contribution in [2.45, 2.75) is 13.5 Å². The van der Waals surface area contributed by atoms with Crippen LogP contribution in [0.15, 0.2) is 18.2 Å². The molecule has 0 aromatic heterocycles. The van der Waals surface area contributed by atoms with Crippen molar-refractivity contribution >= 4 is 11.6 Å². The van der Waals surface area contributed by atoms with E-state index in [1.807, 2.05) is 6.92 Å². The van der Waals surface area contributed by atoms with E-state index in [4.69, 9.17) is 5.73 Å². The second-order valence-electron chi connectivity index (χ2n) is 3.79. The molecule has 0 unspecified atom stereocenters. The van der Waals surface area contributed by atoms with E-state index in [9.17, 15) is 9.18 Å². The quantitative estimate of drug-likeness (QED) is 0.801. The van der Waals surface area contributed by atoms with Crippen molar-refractivity contribution in [3.63, 3.8) is 0 Å². The van der Waals surface area contributed by atoms with Crippen LogP contribution < -0.4 is 16.0 Å². The fourth-order valence-electron chi connectivity index (χ4n) is 1.64. The highest BCUT2D eigenvalue weighted by Crippen LogP contribution is 2.19. The van der Waals surface area contributed by atoms with Gasteiger partial charge in [-0.05, 0) is 30.7 Å². The molecule has 0 aliphatic rings. The third kappa shape index (κ3) is 3.71. The van der Waals surface area contributed by atoms with Crippen LogP contribution in [-0.2, 0) is 11.3 Å². The Bertz CT molecular complexity index is 395. The van der Waals surface area contributed by atoms with E-state index in [2.05, 4.69) is 5.32 Å². The van der Waals surface area contributed by atoms with Crippen molar-refractivity contribution in [2.75, 3.05) is 25.0 Å². The highest BCUT2D eigenvalue weighted by atomic mass is 19.1. The van der Waals surface area contributed by atoms with Crippen LogP contribution in [0.4, 0.5) is 10.1 Å². The minimum atomic E-state index is -0.319. The fourth-order valence-corrected chi connectivity index (χ4v) is 1.64. The summed E-state index contributed by atoms with van der Waals surface area (Å²) < 4.78 is 13.0. The van der Waals surface area contributed by atoms with E-state index in [1.54, 1.807) is 18.0 Å². The molecule has 4 nitrogen and oxygen atoms in total. The van der Waals surface area contributed by atoms with Gasteiger partial charge in [-0.15, -0.1) is 0 Å². The summed E-state index contributed by atoms with van der Waals surface area (Å²) in [7, 11) is 1.78. The molecule has 5 heteroatoms. The topological polar surface area (TPSA) is 58.4 Å². The molecular formula is C12H18FN3O. The van der Waals surface area contributed by atoms with Gasteiger partial charge in [0, 0.05) is 25.8 Å². The number of halogens is 1. The third-order valence-electron chi connectivity index (χ3n) is 2.43. The van der Waals surface area contributed by atoms with Crippen LogP contribution in [0.1, 0.15) is 12.5 Å². The predicted octanol–water partition coefficient (Wildman–Crippen LogP) is 0.857. The van der Waals surface area contributed by atoms with Gasteiger partial charge in [0.1, 0.15) is 5.82 Å². The first-order valence-electron chi connectivity index (χ1n) is 5.54. The highest BCUT2D eigenvalue weighted by Gasteiger charge is 2.10. The molecule has 0 radical (unpaired) electrons. The molecule has 17 heavy (non-hydrogen) atoms. The van der Waals surface area contributed by atoms with Gasteiger partial charge in [-0.1, -0.05) is 0 Å². The zero-order valence-electron chi connectivity index (χ0n) is 10.2. The molecule has 0 fully saturated rings. The Morgan fingerprint density at radius 2 is 2.24 bits per heavy atom. The predicted molar refractivity (Wildman–Crippen MR) is 66.2 cm³/mol. The molecule has 0 heterocycles. The standard InChI is InChI=1S/C12H18FN3O/c1-3-15-12(17)8-16(2)11-5-4-10(13)6-9(11)7-14/h4-6H,3,7-8,14H2,1-2H3,(H,15,17). The summed E-state index contributed by atoms with van der Waals surface area (Å²) in [5.74, 6) is -0.386. The molecule has 1 amide bonds. The monoisotopic (exact) mass is 239 g/mol. The summed E-state index contributed by atoms with van der Waals surface area (Å²) in [5.41, 5.74) is 7.02. The van der Waals surface area contributed by atoms with E-state index >= 15 is 0 Å². The zero-order chi connectivity index (χ0) is 12.8. The van der Waals surface area contributed by atoms with Crippen molar-refractivity contribution in [3.05, 3.63) is 29.6 Å². The van der Waals surface area contributed by atoms with Crippen LogP contribution >= 0.6 is 0 Å². The molecule has 1 aromatic rings. The van der Waals surface area contributed by atoms with E-state index in [-0.39, 0.29) is 24.8 Å². The van der Waals surface area contributed by atoms with Gasteiger partial charge in [0.15, 0.2) is 0 Å². The number of rotatable bonds is 5. The Morgan fingerprint density at radius 1 is 1.53 bits per heavy atom. The van der Waals surface area contributed by atoms with Gasteiger partial charge in [-0.3, -0.25) is 4.79 Å². The Hall–Kier alpha value is -1.62. The maximum atomic E-state index is 13.0. The number of carbonyl (C=O) groups is 1. The van der Waals surface area contributed by atoms with Gasteiger partial charge in [0.05, 0.1) is 6.54 Å². The molecule has 94 valence electrons. The summed E-state index contributed by atoms with van der Waals surface area (Å²) >= 11 is 0. The molecule has 3 N–H and O–H groups in total. The zero-order valence-corrected chi connectivity index (χ0v) is 10.2. The van der Waals surface area contributed by atoms with Gasteiger partial charge in [0.2, 0.25) is 5.91 Å². The smallest absolute Gasteiger partial charge is 0.239 e. The number of nitrogens with one attached hydrogen (secondary N) is 1. The molecule has 0 bridgehead atoms. The van der Waals surface area contributed by atoms with Gasteiger partial charge in [-0.25, -0.2) is 4.39 Å². The number of anilines is 1. The minimum Gasteiger partial charge on any atom is -0.365 e. The number of likely N-dealkylation sites (N-methyl/N-ethyl adjacent to an activating group) is 2. The third-order valence-corrected chi connectivity index (χ3v) is 2.43. The van der Waals surface area contributed by atoms with E-state index in [1.165, 1.54) is 12.1 Å². The molecule has 0 spiro atoms. The molecule has 0 saturated heterocycles. The maximum Gasteiger partial charge on any atom is 0.239 e. The van der Waals surface area contributed by atoms with Crippen LogP contribution in [0.5, 0.6) is 0 Å². The second-order valence-corrected chi connectivity index (χ2v) is 3.79. The van der Waals surface area contributed by atoms with Crippen molar-refractivity contribution in [1.82, 2.24) is 5.32 Å². The van der Waals surface area contributed by atoms with Crippen molar-refractivity contribution in [2.24, 2.45) is 5.73 Å². The average Bonchev–Trinajstić information content (AvgIpc) is 2.28. The van der Waals surface area contributed by atoms with Gasteiger partial charge >= 0.3 is 0 Å². The van der Waals surface area contributed by atoms with Crippen LogP contribution in [0.25, 0.3) is 0 Å². The van der Waals surface area contributed by atoms with Crippen LogP contribution in [0.2, 0.25) is 0 Å². The normalized spacial score (nSPS) is 10.1. The van der Waals surface area contributed by atoms with Crippen LogP contribution in [-0.4, -0.2) is 26.0 Å². The Kier molecular flexibility index (Phi) is 4.90. The maximum absolute atomic E-state index is 13.0. The van der Waals surface area contributed by atoms with Crippen LogP contribution in [0, 0.1) is 5.82 Å². The summed E-state index contributed by atoms with van der Waals surface area (Å²) in [6, 6.07) is 4.39.